The Labute approximate surface area is 107 Å². The molecular formula is C10H12BrN5O. The lowest BCUT2D eigenvalue weighted by Gasteiger charge is -2.03. The minimum Gasteiger partial charge on any atom is -0.444 e. The molecule has 0 saturated heterocycles. The number of halogens is 1. The first-order chi connectivity index (χ1) is 8.17. The summed E-state index contributed by atoms with van der Waals surface area (Å²) < 4.78 is 6.08. The van der Waals surface area contributed by atoms with Gasteiger partial charge in [-0.1, -0.05) is 6.92 Å². The van der Waals surface area contributed by atoms with Crippen molar-refractivity contribution in [3.63, 3.8) is 0 Å². The molecule has 0 fully saturated rings. The first kappa shape index (κ1) is 11.8. The average molecular weight is 298 g/mol. The highest BCUT2D eigenvalue weighted by molar-refractivity contribution is 9.10. The molecule has 0 aliphatic carbocycles. The predicted octanol–water partition coefficient (Wildman–Crippen LogP) is 1.98. The number of hydrogen-bond donors (Lipinski definition) is 2. The fraction of sp³-hybridized carbons (Fsp3) is 0.300. The van der Waals surface area contributed by atoms with Crippen LogP contribution in [0.1, 0.15) is 18.6 Å². The van der Waals surface area contributed by atoms with Gasteiger partial charge in [-0.05, 0) is 15.9 Å². The number of hydrogen-bond acceptors (Lipinski definition) is 6. The predicted molar refractivity (Wildman–Crippen MR) is 67.4 cm³/mol. The van der Waals surface area contributed by atoms with Gasteiger partial charge in [0.2, 0.25) is 11.8 Å². The van der Waals surface area contributed by atoms with Crippen LogP contribution in [0.2, 0.25) is 0 Å². The van der Waals surface area contributed by atoms with Gasteiger partial charge >= 0.3 is 0 Å². The van der Waals surface area contributed by atoms with Gasteiger partial charge in [0.1, 0.15) is 16.2 Å². The lowest BCUT2D eigenvalue weighted by Crippen LogP contribution is -2.05. The number of oxazole rings is 1. The van der Waals surface area contributed by atoms with Crippen molar-refractivity contribution in [3.05, 3.63) is 28.5 Å². The normalized spacial score (nSPS) is 10.5. The van der Waals surface area contributed by atoms with Crippen molar-refractivity contribution < 1.29 is 4.42 Å². The summed E-state index contributed by atoms with van der Waals surface area (Å²) in [5.41, 5.74) is 5.59. The van der Waals surface area contributed by atoms with E-state index in [0.717, 1.165) is 12.2 Å². The molecule has 0 bridgehead atoms. The third-order valence-electron chi connectivity index (χ3n) is 2.06. The van der Waals surface area contributed by atoms with Gasteiger partial charge in [0.15, 0.2) is 0 Å². The summed E-state index contributed by atoms with van der Waals surface area (Å²) in [7, 11) is 0. The summed E-state index contributed by atoms with van der Waals surface area (Å²) in [6.07, 6.45) is 2.54. The molecule has 0 aliphatic heterocycles. The molecule has 7 heteroatoms. The van der Waals surface area contributed by atoms with E-state index in [0.29, 0.717) is 28.8 Å². The molecule has 2 heterocycles. The SMILES string of the molecule is CCc1cnc(CNc2nc(N)cc(Br)n2)o1. The number of rotatable bonds is 4. The van der Waals surface area contributed by atoms with E-state index in [1.54, 1.807) is 12.3 Å². The van der Waals surface area contributed by atoms with Gasteiger partial charge in [0.05, 0.1) is 12.7 Å². The standard InChI is InChI=1S/C10H12BrN5O/c1-2-6-4-13-9(17-6)5-14-10-15-7(11)3-8(12)16-10/h3-4H,2,5H2,1H3,(H3,12,14,15,16). The highest BCUT2D eigenvalue weighted by Gasteiger charge is 2.04. The fourth-order valence-electron chi connectivity index (χ4n) is 1.26. The van der Waals surface area contributed by atoms with Crippen molar-refractivity contribution >= 4 is 27.7 Å². The van der Waals surface area contributed by atoms with Crippen LogP contribution in [0.15, 0.2) is 21.3 Å². The fourth-order valence-corrected chi connectivity index (χ4v) is 1.66. The zero-order valence-corrected chi connectivity index (χ0v) is 10.9. The van der Waals surface area contributed by atoms with Crippen LogP contribution in [0.25, 0.3) is 0 Å². The lowest BCUT2D eigenvalue weighted by atomic mass is 10.4. The topological polar surface area (TPSA) is 89.9 Å². The Kier molecular flexibility index (Phi) is 3.58. The minimum absolute atomic E-state index is 0.399. The molecule has 0 atom stereocenters. The van der Waals surface area contributed by atoms with Gasteiger partial charge in [0.25, 0.3) is 0 Å². The van der Waals surface area contributed by atoms with Crippen molar-refractivity contribution in [1.82, 2.24) is 15.0 Å². The number of nitrogens with one attached hydrogen (secondary N) is 1. The lowest BCUT2D eigenvalue weighted by molar-refractivity contribution is 0.465. The van der Waals surface area contributed by atoms with Crippen LogP contribution < -0.4 is 11.1 Å². The Balaban J connectivity index is 2.01. The van der Waals surface area contributed by atoms with Crippen LogP contribution in [0, 0.1) is 0 Å². The van der Waals surface area contributed by atoms with Crippen LogP contribution in [0.4, 0.5) is 11.8 Å². The van der Waals surface area contributed by atoms with E-state index in [-0.39, 0.29) is 0 Å². The Hall–Kier alpha value is -1.63. The third kappa shape index (κ3) is 3.16. The molecular weight excluding hydrogens is 286 g/mol. The van der Waals surface area contributed by atoms with Crippen molar-refractivity contribution in [3.8, 4) is 0 Å². The Morgan fingerprint density at radius 1 is 1.47 bits per heavy atom. The molecule has 17 heavy (non-hydrogen) atoms. The first-order valence-corrected chi connectivity index (χ1v) is 5.94. The summed E-state index contributed by atoms with van der Waals surface area (Å²) in [5.74, 6) is 2.30. The molecule has 0 radical (unpaired) electrons. The second-order valence-electron chi connectivity index (χ2n) is 3.37. The van der Waals surface area contributed by atoms with Crippen LogP contribution in [0.3, 0.4) is 0 Å². The van der Waals surface area contributed by atoms with Gasteiger partial charge in [-0.3, -0.25) is 0 Å². The summed E-state index contributed by atoms with van der Waals surface area (Å²) in [4.78, 5) is 12.3. The van der Waals surface area contributed by atoms with E-state index in [9.17, 15) is 0 Å². The molecule has 2 rings (SSSR count). The maximum absolute atomic E-state index is 5.59. The maximum atomic E-state index is 5.59. The number of nitrogen functional groups attached to an aromatic ring is 1. The zero-order valence-electron chi connectivity index (χ0n) is 9.27. The number of aryl methyl sites for hydroxylation is 1. The first-order valence-electron chi connectivity index (χ1n) is 5.15. The molecule has 2 aromatic heterocycles. The molecule has 0 unspecified atom stereocenters. The maximum Gasteiger partial charge on any atom is 0.226 e. The molecule has 3 N–H and O–H groups in total. The number of nitrogens with zero attached hydrogens (tertiary/aromatic N) is 3. The number of anilines is 2. The number of aromatic nitrogens is 3. The molecule has 6 nitrogen and oxygen atoms in total. The van der Waals surface area contributed by atoms with Gasteiger partial charge in [-0.25, -0.2) is 9.97 Å². The van der Waals surface area contributed by atoms with Crippen LogP contribution in [-0.4, -0.2) is 15.0 Å². The zero-order chi connectivity index (χ0) is 12.3. The largest absolute Gasteiger partial charge is 0.444 e. The Morgan fingerprint density at radius 3 is 2.94 bits per heavy atom. The van der Waals surface area contributed by atoms with E-state index >= 15 is 0 Å². The van der Waals surface area contributed by atoms with Crippen molar-refractivity contribution in [2.75, 3.05) is 11.1 Å². The van der Waals surface area contributed by atoms with Crippen LogP contribution in [-0.2, 0) is 13.0 Å². The Morgan fingerprint density at radius 2 is 2.29 bits per heavy atom. The molecule has 0 saturated carbocycles. The molecule has 0 amide bonds. The second-order valence-corrected chi connectivity index (χ2v) is 4.18. The highest BCUT2D eigenvalue weighted by Crippen LogP contribution is 2.13. The van der Waals surface area contributed by atoms with E-state index in [4.69, 9.17) is 10.2 Å². The van der Waals surface area contributed by atoms with Gasteiger partial charge < -0.3 is 15.5 Å². The van der Waals surface area contributed by atoms with Crippen molar-refractivity contribution in [2.24, 2.45) is 0 Å². The van der Waals surface area contributed by atoms with Crippen molar-refractivity contribution in [1.29, 1.82) is 0 Å². The molecule has 0 spiro atoms. The smallest absolute Gasteiger partial charge is 0.226 e. The summed E-state index contributed by atoms with van der Waals surface area (Å²) >= 11 is 3.24. The highest BCUT2D eigenvalue weighted by atomic mass is 79.9. The quantitative estimate of drug-likeness (QED) is 0.839. The van der Waals surface area contributed by atoms with Gasteiger partial charge in [0, 0.05) is 12.5 Å². The monoisotopic (exact) mass is 297 g/mol. The van der Waals surface area contributed by atoms with Crippen LogP contribution >= 0.6 is 15.9 Å². The van der Waals surface area contributed by atoms with E-state index in [1.807, 2.05) is 6.92 Å². The Bertz CT molecular complexity index is 493. The summed E-state index contributed by atoms with van der Waals surface area (Å²) in [6.45, 7) is 2.44. The molecule has 2 aromatic rings. The van der Waals surface area contributed by atoms with E-state index in [2.05, 4.69) is 36.2 Å². The molecule has 0 aliphatic rings. The van der Waals surface area contributed by atoms with Gasteiger partial charge in [-0.2, -0.15) is 4.98 Å². The number of nitrogens with two attached hydrogens (primary N) is 1. The van der Waals surface area contributed by atoms with Crippen molar-refractivity contribution in [2.45, 2.75) is 19.9 Å². The van der Waals surface area contributed by atoms with E-state index < -0.39 is 0 Å². The third-order valence-corrected chi connectivity index (χ3v) is 2.47. The molecule has 0 aromatic carbocycles. The summed E-state index contributed by atoms with van der Waals surface area (Å²) in [5, 5.41) is 2.99. The van der Waals surface area contributed by atoms with Crippen LogP contribution in [0.5, 0.6) is 0 Å². The second kappa shape index (κ2) is 5.13. The molecule has 90 valence electrons. The average Bonchev–Trinajstić information content (AvgIpc) is 2.73. The van der Waals surface area contributed by atoms with E-state index in [1.165, 1.54) is 0 Å². The van der Waals surface area contributed by atoms with Gasteiger partial charge in [-0.15, -0.1) is 0 Å². The summed E-state index contributed by atoms with van der Waals surface area (Å²) in [6, 6.07) is 1.63. The minimum atomic E-state index is 0.399.